The van der Waals surface area contributed by atoms with Crippen LogP contribution in [0.5, 0.6) is 0 Å². The van der Waals surface area contributed by atoms with Crippen LogP contribution in [0.25, 0.3) is 0 Å². The van der Waals surface area contributed by atoms with Gasteiger partial charge >= 0.3 is 12.1 Å². The Labute approximate surface area is 208 Å². The van der Waals surface area contributed by atoms with E-state index in [-0.39, 0.29) is 23.9 Å². The van der Waals surface area contributed by atoms with E-state index in [0.717, 1.165) is 40.6 Å². The Hall–Kier alpha value is -3.28. The molecule has 1 aliphatic heterocycles. The number of halogens is 3. The number of aryl methyl sites for hydroxylation is 1. The van der Waals surface area contributed by atoms with Crippen molar-refractivity contribution in [2.24, 2.45) is 0 Å². The number of hydrogen-bond acceptors (Lipinski definition) is 7. The van der Waals surface area contributed by atoms with Crippen LogP contribution >= 0.6 is 11.3 Å². The second-order valence-corrected chi connectivity index (χ2v) is 10.3. The van der Waals surface area contributed by atoms with Gasteiger partial charge in [0, 0.05) is 11.3 Å². The molecule has 2 atom stereocenters. The van der Waals surface area contributed by atoms with Crippen LogP contribution in [-0.2, 0) is 17.6 Å². The Bertz CT molecular complexity index is 1280. The van der Waals surface area contributed by atoms with Gasteiger partial charge in [-0.2, -0.15) is 18.3 Å². The molecule has 0 aromatic carbocycles. The van der Waals surface area contributed by atoms with Crippen molar-refractivity contribution < 1.29 is 31.9 Å². The molecule has 2 N–H and O–H groups in total. The highest BCUT2D eigenvalue weighted by Gasteiger charge is 2.48. The van der Waals surface area contributed by atoms with Crippen LogP contribution in [0.2, 0.25) is 0 Å². The molecule has 1 aliphatic carbocycles. The summed E-state index contributed by atoms with van der Waals surface area (Å²) in [4.78, 5) is 27.3. The molecule has 12 heteroatoms. The summed E-state index contributed by atoms with van der Waals surface area (Å²) in [6.45, 7) is 3.48. The molecule has 2 aliphatic rings. The molecule has 8 nitrogen and oxygen atoms in total. The summed E-state index contributed by atoms with van der Waals surface area (Å²) in [7, 11) is 0. The Morgan fingerprint density at radius 1 is 1.31 bits per heavy atom. The van der Waals surface area contributed by atoms with E-state index in [4.69, 9.17) is 9.15 Å². The summed E-state index contributed by atoms with van der Waals surface area (Å²) in [6, 6.07) is 0.443. The number of esters is 1. The number of aromatic nitrogens is 2. The third kappa shape index (κ3) is 4.49. The average molecular weight is 523 g/mol. The zero-order chi connectivity index (χ0) is 25.6. The van der Waals surface area contributed by atoms with E-state index in [9.17, 15) is 22.8 Å². The number of anilines is 2. The van der Waals surface area contributed by atoms with Crippen LogP contribution in [-0.4, -0.2) is 33.9 Å². The molecule has 0 saturated heterocycles. The zero-order valence-corrected chi connectivity index (χ0v) is 20.5. The molecule has 192 valence electrons. The molecular weight excluding hydrogens is 497 g/mol. The molecule has 0 spiro atoms. The van der Waals surface area contributed by atoms with Gasteiger partial charge in [-0.1, -0.05) is 0 Å². The molecule has 0 fully saturated rings. The monoisotopic (exact) mass is 522 g/mol. The molecule has 0 unspecified atom stereocenters. The number of fused-ring (bicyclic) bond motifs is 2. The SMILES string of the molecule is CC(C)OC(=O)c1c(NC(=O)c2cnn3c2N[C@H](c2ccco2)C[C@H]3C(F)(F)F)sc2c1CCCC2. The molecule has 4 heterocycles. The number of nitrogens with one attached hydrogen (secondary N) is 2. The normalized spacial score (nSPS) is 19.4. The number of rotatable bonds is 5. The number of alkyl halides is 3. The van der Waals surface area contributed by atoms with Gasteiger partial charge in [-0.25, -0.2) is 9.48 Å². The molecular formula is C24H25F3N4O4S. The number of ether oxygens (including phenoxy) is 1. The van der Waals surface area contributed by atoms with E-state index < -0.39 is 30.1 Å². The van der Waals surface area contributed by atoms with Crippen molar-refractivity contribution in [3.05, 3.63) is 51.9 Å². The van der Waals surface area contributed by atoms with Gasteiger partial charge in [0.2, 0.25) is 0 Å². The minimum Gasteiger partial charge on any atom is -0.467 e. The highest BCUT2D eigenvalue weighted by molar-refractivity contribution is 7.17. The van der Waals surface area contributed by atoms with Crippen LogP contribution in [0.4, 0.5) is 24.0 Å². The molecule has 5 rings (SSSR count). The maximum absolute atomic E-state index is 13.9. The van der Waals surface area contributed by atoms with Gasteiger partial charge in [0.15, 0.2) is 6.04 Å². The van der Waals surface area contributed by atoms with Gasteiger partial charge in [0.1, 0.15) is 22.1 Å². The van der Waals surface area contributed by atoms with E-state index in [1.807, 2.05) is 0 Å². The maximum atomic E-state index is 13.9. The highest BCUT2D eigenvalue weighted by atomic mass is 32.1. The fourth-order valence-electron chi connectivity index (χ4n) is 4.72. The van der Waals surface area contributed by atoms with Gasteiger partial charge < -0.3 is 19.8 Å². The highest BCUT2D eigenvalue weighted by Crippen LogP contribution is 2.45. The first-order valence-corrected chi connectivity index (χ1v) is 12.6. The molecule has 36 heavy (non-hydrogen) atoms. The number of furan rings is 1. The summed E-state index contributed by atoms with van der Waals surface area (Å²) in [6.07, 6.45) is 0.631. The van der Waals surface area contributed by atoms with Crippen LogP contribution in [0.1, 0.15) is 82.1 Å². The topological polar surface area (TPSA) is 98.4 Å². The number of thiophene rings is 1. The smallest absolute Gasteiger partial charge is 0.410 e. The van der Waals surface area contributed by atoms with Crippen molar-refractivity contribution in [1.82, 2.24) is 9.78 Å². The summed E-state index contributed by atoms with van der Waals surface area (Å²) in [5, 5.41) is 9.98. The Kier molecular flexibility index (Phi) is 6.31. The first-order chi connectivity index (χ1) is 17.1. The largest absolute Gasteiger partial charge is 0.467 e. The van der Waals surface area contributed by atoms with E-state index in [2.05, 4.69) is 15.7 Å². The second kappa shape index (κ2) is 9.30. The standard InChI is InChI=1S/C24H25F3N4O4S/c1-12(2)35-23(33)19-13-6-3-4-8-17(13)36-22(19)30-21(32)14-11-28-31-18(24(25,26)27)10-15(29-20(14)31)16-7-5-9-34-16/h5,7,9,11-12,15,18,29H,3-4,6,8,10H2,1-2H3,(H,30,32)/t15-,18-/m0/s1. The Morgan fingerprint density at radius 3 is 2.78 bits per heavy atom. The predicted octanol–water partition coefficient (Wildman–Crippen LogP) is 5.89. The average Bonchev–Trinajstić information content (AvgIpc) is 3.55. The van der Waals surface area contributed by atoms with Crippen molar-refractivity contribution in [3.8, 4) is 0 Å². The Morgan fingerprint density at radius 2 is 2.08 bits per heavy atom. The Balaban J connectivity index is 1.49. The summed E-state index contributed by atoms with van der Waals surface area (Å²) < 4.78 is 53.2. The molecule has 0 radical (unpaired) electrons. The van der Waals surface area contributed by atoms with Crippen LogP contribution in [0, 0.1) is 0 Å². The number of amides is 1. The van der Waals surface area contributed by atoms with Gasteiger partial charge in [0.25, 0.3) is 5.91 Å². The first kappa shape index (κ1) is 24.4. The first-order valence-electron chi connectivity index (χ1n) is 11.7. The third-order valence-electron chi connectivity index (χ3n) is 6.31. The van der Waals surface area contributed by atoms with E-state index in [0.29, 0.717) is 22.7 Å². The minimum absolute atomic E-state index is 0.0601. The number of carbonyl (C=O) groups is 2. The van der Waals surface area contributed by atoms with Crippen molar-refractivity contribution in [2.75, 3.05) is 10.6 Å². The lowest BCUT2D eigenvalue weighted by Crippen LogP contribution is -2.36. The van der Waals surface area contributed by atoms with Gasteiger partial charge in [-0.15, -0.1) is 11.3 Å². The summed E-state index contributed by atoms with van der Waals surface area (Å²) in [5.74, 6) is -0.922. The molecule has 0 saturated carbocycles. The van der Waals surface area contributed by atoms with Gasteiger partial charge in [-0.3, -0.25) is 4.79 Å². The van der Waals surface area contributed by atoms with E-state index in [1.165, 1.54) is 17.6 Å². The third-order valence-corrected chi connectivity index (χ3v) is 7.52. The van der Waals surface area contributed by atoms with Crippen LogP contribution in [0.3, 0.4) is 0 Å². The number of carbonyl (C=O) groups excluding carboxylic acids is 2. The van der Waals surface area contributed by atoms with Crippen LogP contribution in [0.15, 0.2) is 29.0 Å². The number of nitrogens with zero attached hydrogens (tertiary/aromatic N) is 2. The quantitative estimate of drug-likeness (QED) is 0.405. The molecule has 0 bridgehead atoms. The van der Waals surface area contributed by atoms with Crippen LogP contribution < -0.4 is 10.6 Å². The van der Waals surface area contributed by atoms with Crippen molar-refractivity contribution >= 4 is 34.0 Å². The molecule has 1 amide bonds. The zero-order valence-electron chi connectivity index (χ0n) is 19.6. The minimum atomic E-state index is -4.58. The summed E-state index contributed by atoms with van der Waals surface area (Å²) in [5.41, 5.74) is 1.14. The van der Waals surface area contributed by atoms with E-state index >= 15 is 0 Å². The fourth-order valence-corrected chi connectivity index (χ4v) is 5.99. The van der Waals surface area contributed by atoms with Crippen molar-refractivity contribution in [1.29, 1.82) is 0 Å². The molecule has 3 aromatic rings. The molecule has 3 aromatic heterocycles. The fraction of sp³-hybridized carbons (Fsp3) is 0.458. The number of hydrogen-bond donors (Lipinski definition) is 2. The summed E-state index contributed by atoms with van der Waals surface area (Å²) >= 11 is 1.31. The van der Waals surface area contributed by atoms with Gasteiger partial charge in [0.05, 0.1) is 30.2 Å². The second-order valence-electron chi connectivity index (χ2n) is 9.18. The van der Waals surface area contributed by atoms with Gasteiger partial charge in [-0.05, 0) is 57.2 Å². The van der Waals surface area contributed by atoms with Crippen molar-refractivity contribution in [2.45, 2.75) is 70.3 Å². The lowest BCUT2D eigenvalue weighted by Gasteiger charge is -2.32. The lowest BCUT2D eigenvalue weighted by molar-refractivity contribution is -0.174. The predicted molar refractivity (Wildman–Crippen MR) is 126 cm³/mol. The van der Waals surface area contributed by atoms with E-state index in [1.54, 1.807) is 26.0 Å². The maximum Gasteiger partial charge on any atom is 0.410 e. The van der Waals surface area contributed by atoms with Crippen molar-refractivity contribution in [3.63, 3.8) is 0 Å². The lowest BCUT2D eigenvalue weighted by atomic mass is 9.95.